The van der Waals surface area contributed by atoms with Gasteiger partial charge in [0.15, 0.2) is 0 Å². The maximum absolute atomic E-state index is 13.9. The number of carbonyl (C=O) groups is 1. The predicted molar refractivity (Wildman–Crippen MR) is 109 cm³/mol. The number of hydrogen-bond acceptors (Lipinski definition) is 3. The quantitative estimate of drug-likeness (QED) is 0.737. The highest BCUT2D eigenvalue weighted by Gasteiger charge is 2.22. The lowest BCUT2D eigenvalue weighted by molar-refractivity contribution is 0.0642. The highest BCUT2D eigenvalue weighted by molar-refractivity contribution is 5.74. The molecule has 0 saturated carbocycles. The number of rotatable bonds is 7. The molecule has 2 aromatic carbocycles. The molecule has 1 aliphatic heterocycles. The van der Waals surface area contributed by atoms with Crippen molar-refractivity contribution in [2.45, 2.75) is 19.4 Å². The van der Waals surface area contributed by atoms with Gasteiger partial charge >= 0.3 is 6.03 Å². The number of nitrogens with zero attached hydrogens (tertiary/aromatic N) is 2. The third-order valence-corrected chi connectivity index (χ3v) is 4.99. The van der Waals surface area contributed by atoms with Crippen molar-refractivity contribution in [3.8, 4) is 0 Å². The van der Waals surface area contributed by atoms with Crippen molar-refractivity contribution < 1.29 is 13.9 Å². The van der Waals surface area contributed by atoms with Crippen molar-refractivity contribution in [3.05, 3.63) is 66.0 Å². The Balaban J connectivity index is 1.32. The summed E-state index contributed by atoms with van der Waals surface area (Å²) in [6.45, 7) is 5.63. The van der Waals surface area contributed by atoms with Gasteiger partial charge in [-0.25, -0.2) is 9.18 Å². The molecular weight excluding hydrogens is 357 g/mol. The third kappa shape index (κ3) is 5.45. The van der Waals surface area contributed by atoms with Crippen molar-refractivity contribution in [2.24, 2.45) is 0 Å². The fourth-order valence-electron chi connectivity index (χ4n) is 3.32. The minimum Gasteiger partial charge on any atom is -0.374 e. The smallest absolute Gasteiger partial charge is 0.317 e. The summed E-state index contributed by atoms with van der Waals surface area (Å²) in [5.74, 6) is -0.217. The lowest BCUT2D eigenvalue weighted by Crippen LogP contribution is -2.52. The average Bonchev–Trinajstić information content (AvgIpc) is 2.74. The molecule has 28 heavy (non-hydrogen) atoms. The summed E-state index contributed by atoms with van der Waals surface area (Å²) in [6, 6.07) is 16.8. The van der Waals surface area contributed by atoms with Crippen LogP contribution in [0.1, 0.15) is 25.0 Å². The normalized spacial score (nSPS) is 15.4. The van der Waals surface area contributed by atoms with Crippen molar-refractivity contribution in [1.29, 1.82) is 0 Å². The Morgan fingerprint density at radius 3 is 2.46 bits per heavy atom. The Bertz CT molecular complexity index is 748. The van der Waals surface area contributed by atoms with Gasteiger partial charge in [0.05, 0.1) is 11.8 Å². The number of hydrogen-bond donors (Lipinski definition) is 1. The summed E-state index contributed by atoms with van der Waals surface area (Å²) >= 11 is 0. The van der Waals surface area contributed by atoms with E-state index in [2.05, 4.69) is 5.32 Å². The molecule has 1 fully saturated rings. The van der Waals surface area contributed by atoms with Gasteiger partial charge in [-0.2, -0.15) is 0 Å². The van der Waals surface area contributed by atoms with Crippen LogP contribution in [-0.4, -0.2) is 50.3 Å². The van der Waals surface area contributed by atoms with E-state index in [9.17, 15) is 9.18 Å². The fourth-order valence-corrected chi connectivity index (χ4v) is 3.32. The number of anilines is 1. The van der Waals surface area contributed by atoms with Crippen molar-refractivity contribution in [3.63, 3.8) is 0 Å². The first-order valence-electron chi connectivity index (χ1n) is 9.84. The minimum absolute atomic E-state index is 0.0448. The molecule has 0 bridgehead atoms. The molecule has 3 rings (SSSR count). The summed E-state index contributed by atoms with van der Waals surface area (Å²) < 4.78 is 19.7. The largest absolute Gasteiger partial charge is 0.374 e. The van der Waals surface area contributed by atoms with Gasteiger partial charge in [0.1, 0.15) is 5.82 Å². The predicted octanol–water partition coefficient (Wildman–Crippen LogP) is 3.83. The van der Waals surface area contributed by atoms with Gasteiger partial charge in [-0.3, -0.25) is 0 Å². The first-order chi connectivity index (χ1) is 13.6. The monoisotopic (exact) mass is 385 g/mol. The molecule has 0 radical (unpaired) electrons. The van der Waals surface area contributed by atoms with Crippen LogP contribution in [0.4, 0.5) is 14.9 Å². The summed E-state index contributed by atoms with van der Waals surface area (Å²) in [7, 11) is 0. The van der Waals surface area contributed by atoms with Gasteiger partial charge in [-0.1, -0.05) is 42.5 Å². The van der Waals surface area contributed by atoms with Gasteiger partial charge in [0, 0.05) is 39.3 Å². The van der Waals surface area contributed by atoms with E-state index in [1.807, 2.05) is 48.2 Å². The molecule has 1 atom stereocenters. The molecule has 0 spiro atoms. The molecule has 1 N–H and O–H groups in total. The fraction of sp³-hybridized carbons (Fsp3) is 0.409. The van der Waals surface area contributed by atoms with Crippen LogP contribution in [0.2, 0.25) is 0 Å². The Hall–Kier alpha value is -2.60. The number of amides is 2. The molecule has 1 saturated heterocycles. The van der Waals surface area contributed by atoms with Crippen molar-refractivity contribution in [2.75, 3.05) is 44.2 Å². The summed E-state index contributed by atoms with van der Waals surface area (Å²) in [5.41, 5.74) is 1.76. The lowest BCUT2D eigenvalue weighted by Gasteiger charge is -2.36. The van der Waals surface area contributed by atoms with Crippen LogP contribution < -0.4 is 10.2 Å². The second-order valence-corrected chi connectivity index (χ2v) is 6.93. The maximum atomic E-state index is 13.9. The molecular formula is C22H28FN3O2. The number of carbonyl (C=O) groups excluding carboxylic acids is 1. The van der Waals surface area contributed by atoms with Gasteiger partial charge in [-0.05, 0) is 31.0 Å². The van der Waals surface area contributed by atoms with E-state index in [-0.39, 0.29) is 18.0 Å². The molecule has 0 aliphatic carbocycles. The van der Waals surface area contributed by atoms with E-state index in [1.54, 1.807) is 17.0 Å². The van der Waals surface area contributed by atoms with E-state index in [1.165, 1.54) is 6.07 Å². The minimum atomic E-state index is -0.217. The first-order valence-corrected chi connectivity index (χ1v) is 9.84. The van der Waals surface area contributed by atoms with Crippen LogP contribution in [0.15, 0.2) is 54.6 Å². The number of halogens is 1. The summed E-state index contributed by atoms with van der Waals surface area (Å²) in [6.07, 6.45) is 0.807. The Morgan fingerprint density at radius 2 is 1.75 bits per heavy atom. The molecule has 5 nitrogen and oxygen atoms in total. The molecule has 2 aromatic rings. The topological polar surface area (TPSA) is 44.8 Å². The van der Waals surface area contributed by atoms with Crippen LogP contribution >= 0.6 is 0 Å². The standard InChI is InChI=1S/C22H28FN3O2/c1-18(19-8-3-2-4-9-19)28-17-7-12-24-22(27)26-15-13-25(14-16-26)21-11-6-5-10-20(21)23/h2-6,8-11,18H,7,12-17H2,1H3,(H,24,27)/t18-/m1/s1. The van der Waals surface area contributed by atoms with Crippen LogP contribution in [0.5, 0.6) is 0 Å². The second kappa shape index (κ2) is 10.1. The number of benzene rings is 2. The molecule has 6 heteroatoms. The van der Waals surface area contributed by atoms with Gasteiger partial charge in [0.25, 0.3) is 0 Å². The first kappa shape index (κ1) is 20.1. The molecule has 0 unspecified atom stereocenters. The summed E-state index contributed by atoms with van der Waals surface area (Å²) in [5, 5.41) is 2.95. The van der Waals surface area contributed by atoms with Crippen LogP contribution in [-0.2, 0) is 4.74 Å². The highest BCUT2D eigenvalue weighted by Crippen LogP contribution is 2.20. The van der Waals surface area contributed by atoms with Crippen LogP contribution in [0, 0.1) is 5.82 Å². The second-order valence-electron chi connectivity index (χ2n) is 6.93. The number of urea groups is 1. The van der Waals surface area contributed by atoms with E-state index in [0.717, 1.165) is 12.0 Å². The third-order valence-electron chi connectivity index (χ3n) is 4.99. The maximum Gasteiger partial charge on any atom is 0.317 e. The molecule has 1 aliphatic rings. The van der Waals surface area contributed by atoms with Crippen molar-refractivity contribution >= 4 is 11.7 Å². The lowest BCUT2D eigenvalue weighted by atomic mass is 10.1. The van der Waals surface area contributed by atoms with Gasteiger partial charge in [-0.15, -0.1) is 0 Å². The van der Waals surface area contributed by atoms with E-state index in [0.29, 0.717) is 45.0 Å². The Morgan fingerprint density at radius 1 is 1.07 bits per heavy atom. The molecule has 150 valence electrons. The van der Waals surface area contributed by atoms with Gasteiger partial charge < -0.3 is 19.9 Å². The van der Waals surface area contributed by atoms with E-state index >= 15 is 0 Å². The van der Waals surface area contributed by atoms with Crippen LogP contribution in [0.3, 0.4) is 0 Å². The SMILES string of the molecule is C[C@@H](OCCCNC(=O)N1CCN(c2ccccc2F)CC1)c1ccccc1. The van der Waals surface area contributed by atoms with E-state index < -0.39 is 0 Å². The van der Waals surface area contributed by atoms with Gasteiger partial charge in [0.2, 0.25) is 0 Å². The number of nitrogens with one attached hydrogen (secondary N) is 1. The number of para-hydroxylation sites is 1. The van der Waals surface area contributed by atoms with Crippen molar-refractivity contribution in [1.82, 2.24) is 10.2 Å². The number of ether oxygens (including phenoxy) is 1. The molecule has 0 aromatic heterocycles. The Labute approximate surface area is 166 Å². The van der Waals surface area contributed by atoms with E-state index in [4.69, 9.17) is 4.74 Å². The zero-order valence-corrected chi connectivity index (χ0v) is 16.3. The number of piperazine rings is 1. The molecule has 2 amide bonds. The zero-order valence-electron chi connectivity index (χ0n) is 16.3. The highest BCUT2D eigenvalue weighted by atomic mass is 19.1. The zero-order chi connectivity index (χ0) is 19.8. The van der Waals surface area contributed by atoms with Crippen LogP contribution in [0.25, 0.3) is 0 Å². The average molecular weight is 385 g/mol. The summed E-state index contributed by atoms with van der Waals surface area (Å²) in [4.78, 5) is 16.1. The Kier molecular flexibility index (Phi) is 7.25. The molecule has 1 heterocycles.